The van der Waals surface area contributed by atoms with Crippen LogP contribution >= 0.6 is 15.9 Å². The van der Waals surface area contributed by atoms with Crippen LogP contribution in [0.2, 0.25) is 0 Å². The summed E-state index contributed by atoms with van der Waals surface area (Å²) in [4.78, 5) is 3.97. The summed E-state index contributed by atoms with van der Waals surface area (Å²) in [6, 6.07) is 8.74. The molecule has 59 valence electrons. The molecule has 0 aliphatic rings. The van der Waals surface area contributed by atoms with Gasteiger partial charge >= 0.3 is 0 Å². The van der Waals surface area contributed by atoms with Crippen LogP contribution in [0.5, 0.6) is 0 Å². The zero-order valence-electron chi connectivity index (χ0n) is 6.24. The molecule has 0 atom stereocenters. The third-order valence-electron chi connectivity index (χ3n) is 1.57. The van der Waals surface area contributed by atoms with Gasteiger partial charge in [0.2, 0.25) is 0 Å². The maximum Gasteiger partial charge on any atom is 0.0992 e. The predicted molar refractivity (Wildman–Crippen MR) is 50.1 cm³/mol. The summed E-state index contributed by atoms with van der Waals surface area (Å²) in [6.07, 6.45) is 5.40. The first kappa shape index (κ1) is 7.55. The first-order chi connectivity index (χ1) is 5.88. The first-order valence-corrected chi connectivity index (χ1v) is 4.31. The van der Waals surface area contributed by atoms with E-state index in [2.05, 4.69) is 27.0 Å². The van der Waals surface area contributed by atoms with Gasteiger partial charge in [0.1, 0.15) is 0 Å². The van der Waals surface area contributed by atoms with Gasteiger partial charge in [0.25, 0.3) is 0 Å². The van der Waals surface area contributed by atoms with Crippen LogP contribution in [0.25, 0.3) is 5.69 Å². The van der Waals surface area contributed by atoms with E-state index in [1.807, 2.05) is 29.0 Å². The number of imidazole rings is 1. The van der Waals surface area contributed by atoms with E-state index in [1.165, 1.54) is 0 Å². The van der Waals surface area contributed by atoms with Crippen molar-refractivity contribution in [1.29, 1.82) is 0 Å². The van der Waals surface area contributed by atoms with Gasteiger partial charge in [-0.15, -0.1) is 0 Å². The van der Waals surface area contributed by atoms with Crippen molar-refractivity contribution in [1.82, 2.24) is 9.55 Å². The maximum absolute atomic E-state index is 3.97. The quantitative estimate of drug-likeness (QED) is 0.724. The average molecular weight is 222 g/mol. The fourth-order valence-electron chi connectivity index (χ4n) is 1.00. The highest BCUT2D eigenvalue weighted by Gasteiger charge is 1.98. The van der Waals surface area contributed by atoms with Crippen LogP contribution in [0.4, 0.5) is 0 Å². The molecule has 1 heterocycles. The number of hydrogen-bond acceptors (Lipinski definition) is 1. The number of halogens is 1. The zero-order valence-corrected chi connectivity index (χ0v) is 7.82. The Balaban J connectivity index is 2.55. The molecule has 2 rings (SSSR count). The molecule has 0 aliphatic carbocycles. The highest BCUT2D eigenvalue weighted by molar-refractivity contribution is 9.10. The maximum atomic E-state index is 3.97. The van der Waals surface area contributed by atoms with E-state index in [9.17, 15) is 0 Å². The molecule has 1 aromatic carbocycles. The lowest BCUT2D eigenvalue weighted by molar-refractivity contribution is 1.05. The van der Waals surface area contributed by atoms with E-state index < -0.39 is 0 Å². The van der Waals surface area contributed by atoms with Crippen LogP contribution in [0.15, 0.2) is 41.4 Å². The van der Waals surface area contributed by atoms with E-state index in [0.29, 0.717) is 0 Å². The van der Waals surface area contributed by atoms with E-state index in [1.54, 1.807) is 12.5 Å². The summed E-state index contributed by atoms with van der Waals surface area (Å²) in [5, 5.41) is 0. The van der Waals surface area contributed by atoms with Gasteiger partial charge in [-0.1, -0.05) is 6.07 Å². The van der Waals surface area contributed by atoms with Crippen molar-refractivity contribution < 1.29 is 0 Å². The van der Waals surface area contributed by atoms with Gasteiger partial charge < -0.3 is 4.57 Å². The summed E-state index contributed by atoms with van der Waals surface area (Å²) in [5.74, 6) is 0. The van der Waals surface area contributed by atoms with Gasteiger partial charge in [-0.05, 0) is 34.1 Å². The molecule has 0 fully saturated rings. The minimum Gasteiger partial charge on any atom is -0.305 e. The van der Waals surface area contributed by atoms with Gasteiger partial charge in [-0.25, -0.2) is 4.98 Å². The summed E-state index contributed by atoms with van der Waals surface area (Å²) < 4.78 is 2.97. The van der Waals surface area contributed by atoms with Crippen LogP contribution in [-0.2, 0) is 0 Å². The molecule has 0 amide bonds. The van der Waals surface area contributed by atoms with Crippen molar-refractivity contribution in [2.45, 2.75) is 0 Å². The topological polar surface area (TPSA) is 17.8 Å². The summed E-state index contributed by atoms with van der Waals surface area (Å²) in [6.45, 7) is 0. The predicted octanol–water partition coefficient (Wildman–Crippen LogP) is 2.43. The van der Waals surface area contributed by atoms with E-state index >= 15 is 0 Å². The Labute approximate surface area is 79.0 Å². The first-order valence-electron chi connectivity index (χ1n) is 3.52. The van der Waals surface area contributed by atoms with Gasteiger partial charge in [0.05, 0.1) is 12.0 Å². The van der Waals surface area contributed by atoms with Gasteiger partial charge in [0.15, 0.2) is 0 Å². The van der Waals surface area contributed by atoms with Gasteiger partial charge in [0, 0.05) is 16.9 Å². The van der Waals surface area contributed by atoms with Crippen molar-refractivity contribution in [3.63, 3.8) is 0 Å². The van der Waals surface area contributed by atoms with Crippen LogP contribution < -0.4 is 0 Å². The molecule has 0 bridgehead atoms. The Morgan fingerprint density at radius 3 is 3.08 bits per heavy atom. The highest BCUT2D eigenvalue weighted by atomic mass is 79.9. The Hall–Kier alpha value is -1.09. The third kappa shape index (κ3) is 1.28. The summed E-state index contributed by atoms with van der Waals surface area (Å²) in [5.41, 5.74) is 1.05. The molecule has 1 radical (unpaired) electrons. The lowest BCUT2D eigenvalue weighted by atomic mass is 10.3. The second-order valence-corrected chi connectivity index (χ2v) is 3.20. The third-order valence-corrected chi connectivity index (χ3v) is 2.24. The Morgan fingerprint density at radius 2 is 2.42 bits per heavy atom. The van der Waals surface area contributed by atoms with E-state index in [4.69, 9.17) is 0 Å². The number of nitrogens with zero attached hydrogens (tertiary/aromatic N) is 2. The van der Waals surface area contributed by atoms with Crippen molar-refractivity contribution in [2.75, 3.05) is 0 Å². The molecule has 0 saturated heterocycles. The van der Waals surface area contributed by atoms with Crippen molar-refractivity contribution >= 4 is 15.9 Å². The van der Waals surface area contributed by atoms with Gasteiger partial charge in [-0.3, -0.25) is 0 Å². The molecule has 0 unspecified atom stereocenters. The van der Waals surface area contributed by atoms with E-state index in [-0.39, 0.29) is 0 Å². The SMILES string of the molecule is Brc1cc[c]cc1-n1ccnc1. The molecule has 0 spiro atoms. The number of hydrogen-bond donors (Lipinski definition) is 0. The fourth-order valence-corrected chi connectivity index (χ4v) is 1.45. The highest BCUT2D eigenvalue weighted by Crippen LogP contribution is 2.19. The lowest BCUT2D eigenvalue weighted by Crippen LogP contribution is -1.89. The molecule has 0 saturated carbocycles. The monoisotopic (exact) mass is 221 g/mol. The van der Waals surface area contributed by atoms with Crippen molar-refractivity contribution in [3.05, 3.63) is 47.5 Å². The van der Waals surface area contributed by atoms with Crippen LogP contribution in [0.3, 0.4) is 0 Å². The lowest BCUT2D eigenvalue weighted by Gasteiger charge is -2.02. The second kappa shape index (κ2) is 3.11. The number of aromatic nitrogens is 2. The Kier molecular flexibility index (Phi) is 1.96. The van der Waals surface area contributed by atoms with E-state index in [0.717, 1.165) is 10.2 Å². The molecule has 1 aromatic heterocycles. The Morgan fingerprint density at radius 1 is 1.50 bits per heavy atom. The minimum atomic E-state index is 1.04. The summed E-state index contributed by atoms with van der Waals surface area (Å²) in [7, 11) is 0. The molecular weight excluding hydrogens is 216 g/mol. The van der Waals surface area contributed by atoms with Gasteiger partial charge in [-0.2, -0.15) is 0 Å². The molecule has 0 N–H and O–H groups in total. The number of rotatable bonds is 1. The molecular formula is C9H6BrN2. The second-order valence-electron chi connectivity index (χ2n) is 2.35. The summed E-state index contributed by atoms with van der Waals surface area (Å²) >= 11 is 3.45. The normalized spacial score (nSPS) is 10.1. The zero-order chi connectivity index (χ0) is 8.39. The largest absolute Gasteiger partial charge is 0.305 e. The fraction of sp³-hybridized carbons (Fsp3) is 0. The van der Waals surface area contributed by atoms with Crippen LogP contribution in [0, 0.1) is 6.07 Å². The smallest absolute Gasteiger partial charge is 0.0992 e. The number of benzene rings is 1. The van der Waals surface area contributed by atoms with Crippen LogP contribution in [-0.4, -0.2) is 9.55 Å². The molecule has 2 aromatic rings. The standard InChI is InChI=1S/C9H6BrN2/c10-8-3-1-2-4-9(8)12-6-5-11-7-12/h1,3-7H. The molecule has 0 aliphatic heterocycles. The molecule has 2 nitrogen and oxygen atoms in total. The average Bonchev–Trinajstić information content (AvgIpc) is 2.57. The molecule has 12 heavy (non-hydrogen) atoms. The van der Waals surface area contributed by atoms with Crippen molar-refractivity contribution in [3.8, 4) is 5.69 Å². The van der Waals surface area contributed by atoms with Crippen LogP contribution in [0.1, 0.15) is 0 Å². The minimum absolute atomic E-state index is 1.04. The Bertz CT molecular complexity index is 368. The molecule has 3 heteroatoms. The van der Waals surface area contributed by atoms with Crippen molar-refractivity contribution in [2.24, 2.45) is 0 Å².